The third-order valence-electron chi connectivity index (χ3n) is 9.73. The second-order valence-electron chi connectivity index (χ2n) is 14.8. The number of hydrogen-bond acceptors (Lipinski definition) is 5. The van der Waals surface area contributed by atoms with Gasteiger partial charge in [-0.1, -0.05) is 205 Å². The topological polar surface area (TPSA) is 72.8 Å². The van der Waals surface area contributed by atoms with Crippen molar-refractivity contribution >= 4 is 11.9 Å². The Kier molecular flexibility index (Phi) is 40.4. The van der Waals surface area contributed by atoms with Gasteiger partial charge in [-0.05, 0) is 38.5 Å². The highest BCUT2D eigenvalue weighted by atomic mass is 16.6. The van der Waals surface area contributed by atoms with Crippen molar-refractivity contribution in [3.05, 3.63) is 24.3 Å². The van der Waals surface area contributed by atoms with E-state index in [1.165, 1.54) is 148 Å². The maximum atomic E-state index is 12.2. The van der Waals surface area contributed by atoms with Crippen LogP contribution in [0, 0.1) is 0 Å². The van der Waals surface area contributed by atoms with Crippen LogP contribution >= 0.6 is 0 Å². The second-order valence-corrected chi connectivity index (χ2v) is 14.8. The Bertz CT molecular complexity index is 761. The minimum atomic E-state index is -0.774. The summed E-state index contributed by atoms with van der Waals surface area (Å²) in [7, 11) is 0. The molecule has 0 saturated carbocycles. The molecule has 0 aliphatic heterocycles. The lowest BCUT2D eigenvalue weighted by Gasteiger charge is -2.15. The van der Waals surface area contributed by atoms with Crippen LogP contribution in [0.3, 0.4) is 0 Å². The number of aliphatic hydroxyl groups excluding tert-OH is 1. The molecule has 0 aromatic carbocycles. The predicted molar refractivity (Wildman–Crippen MR) is 215 cm³/mol. The lowest BCUT2D eigenvalue weighted by molar-refractivity contribution is -0.161. The Balaban J connectivity index is 3.46. The van der Waals surface area contributed by atoms with Crippen LogP contribution in [-0.4, -0.2) is 36.4 Å². The number of carbonyl (C=O) groups is 2. The normalized spacial score (nSPS) is 12.3. The molecule has 0 rings (SSSR count). The average molecular weight is 705 g/mol. The highest BCUT2D eigenvalue weighted by Gasteiger charge is 2.16. The van der Waals surface area contributed by atoms with Crippen LogP contribution in [0.4, 0.5) is 0 Å². The molecule has 1 unspecified atom stereocenters. The van der Waals surface area contributed by atoms with Gasteiger partial charge in [0.2, 0.25) is 0 Å². The second kappa shape index (κ2) is 41.8. The Morgan fingerprint density at radius 2 is 0.840 bits per heavy atom. The quantitative estimate of drug-likeness (QED) is 0.0390. The number of ether oxygens (including phenoxy) is 2. The van der Waals surface area contributed by atoms with Gasteiger partial charge in [0.1, 0.15) is 6.61 Å². The fourth-order valence-corrected chi connectivity index (χ4v) is 6.42. The van der Waals surface area contributed by atoms with Crippen molar-refractivity contribution in [2.24, 2.45) is 0 Å². The molecule has 50 heavy (non-hydrogen) atoms. The summed E-state index contributed by atoms with van der Waals surface area (Å²) in [6.07, 6.45) is 49.7. The van der Waals surface area contributed by atoms with Crippen LogP contribution in [-0.2, 0) is 19.1 Å². The summed E-state index contributed by atoms with van der Waals surface area (Å²) in [4.78, 5) is 24.3. The van der Waals surface area contributed by atoms with E-state index in [0.29, 0.717) is 12.8 Å². The van der Waals surface area contributed by atoms with Crippen molar-refractivity contribution < 1.29 is 24.2 Å². The number of carbonyl (C=O) groups excluding carboxylic acids is 2. The molecule has 0 saturated heterocycles. The number of allylic oxidation sites excluding steroid dienone is 4. The Hall–Kier alpha value is -1.62. The Morgan fingerprint density at radius 1 is 0.460 bits per heavy atom. The van der Waals surface area contributed by atoms with Crippen LogP contribution in [0.2, 0.25) is 0 Å². The number of aliphatic hydroxyl groups is 1. The monoisotopic (exact) mass is 705 g/mol. The zero-order chi connectivity index (χ0) is 36.4. The molecule has 0 bridgehead atoms. The van der Waals surface area contributed by atoms with E-state index in [0.717, 1.165) is 57.8 Å². The van der Waals surface area contributed by atoms with Crippen molar-refractivity contribution in [3.63, 3.8) is 0 Å². The molecule has 0 radical (unpaired) electrons. The van der Waals surface area contributed by atoms with Crippen molar-refractivity contribution in [1.29, 1.82) is 0 Å². The summed E-state index contributed by atoms with van der Waals surface area (Å²) < 4.78 is 10.6. The minimum absolute atomic E-state index is 0.0671. The van der Waals surface area contributed by atoms with Crippen LogP contribution in [0.25, 0.3) is 0 Å². The molecular weight excluding hydrogens is 620 g/mol. The summed E-state index contributed by atoms with van der Waals surface area (Å²) in [5, 5.41) is 9.56. The van der Waals surface area contributed by atoms with E-state index in [9.17, 15) is 14.7 Å². The maximum Gasteiger partial charge on any atom is 0.306 e. The minimum Gasteiger partial charge on any atom is -0.462 e. The summed E-state index contributed by atoms with van der Waals surface area (Å²) in [5.41, 5.74) is 0. The van der Waals surface area contributed by atoms with Gasteiger partial charge in [0.15, 0.2) is 6.10 Å². The highest BCUT2D eigenvalue weighted by molar-refractivity contribution is 5.70. The number of unbranched alkanes of at least 4 members (excludes halogenated alkanes) is 28. The standard InChI is InChI=1S/C45H84O5/c1-3-5-7-9-11-13-15-17-18-19-20-21-22-23-24-25-26-28-29-31-33-35-37-39-44(47)49-42-43(41-46)50-45(48)40-38-36-34-32-30-27-16-14-12-10-8-6-4-2/h8,10,14,16,43,46H,3-7,9,11-13,15,17-42H2,1-2H3/b10-8-,16-14-. The fourth-order valence-electron chi connectivity index (χ4n) is 6.42. The molecule has 0 amide bonds. The zero-order valence-electron chi connectivity index (χ0n) is 33.4. The van der Waals surface area contributed by atoms with E-state index in [1.807, 2.05) is 0 Å². The van der Waals surface area contributed by atoms with Gasteiger partial charge >= 0.3 is 11.9 Å². The number of rotatable bonds is 40. The van der Waals surface area contributed by atoms with Gasteiger partial charge in [-0.3, -0.25) is 9.59 Å². The average Bonchev–Trinajstić information content (AvgIpc) is 3.12. The van der Waals surface area contributed by atoms with Gasteiger partial charge in [0.05, 0.1) is 6.61 Å². The highest BCUT2D eigenvalue weighted by Crippen LogP contribution is 2.16. The Morgan fingerprint density at radius 3 is 1.26 bits per heavy atom. The summed E-state index contributed by atoms with van der Waals surface area (Å²) in [5.74, 6) is -0.597. The molecule has 0 aromatic heterocycles. The predicted octanol–water partition coefficient (Wildman–Crippen LogP) is 13.8. The van der Waals surface area contributed by atoms with E-state index >= 15 is 0 Å². The molecular formula is C45H84O5. The molecule has 0 fully saturated rings. The van der Waals surface area contributed by atoms with Crippen LogP contribution in [0.5, 0.6) is 0 Å². The number of esters is 2. The third-order valence-corrected chi connectivity index (χ3v) is 9.73. The molecule has 294 valence electrons. The van der Waals surface area contributed by atoms with Crippen molar-refractivity contribution in [2.75, 3.05) is 13.2 Å². The fraction of sp³-hybridized carbons (Fsp3) is 0.867. The maximum absolute atomic E-state index is 12.2. The van der Waals surface area contributed by atoms with Gasteiger partial charge in [-0.15, -0.1) is 0 Å². The third kappa shape index (κ3) is 39.2. The first kappa shape index (κ1) is 48.4. The van der Waals surface area contributed by atoms with Crippen molar-refractivity contribution in [2.45, 2.75) is 238 Å². The molecule has 0 aliphatic carbocycles. The van der Waals surface area contributed by atoms with E-state index in [2.05, 4.69) is 38.2 Å². The van der Waals surface area contributed by atoms with Gasteiger partial charge < -0.3 is 14.6 Å². The first-order valence-corrected chi connectivity index (χ1v) is 21.9. The Labute approximate surface area is 311 Å². The van der Waals surface area contributed by atoms with Crippen molar-refractivity contribution in [1.82, 2.24) is 0 Å². The van der Waals surface area contributed by atoms with Crippen LogP contribution < -0.4 is 0 Å². The van der Waals surface area contributed by atoms with Gasteiger partial charge in [-0.2, -0.15) is 0 Å². The SMILES string of the molecule is CCC/C=C\C/C=C\CCCCCCCC(=O)OC(CO)COC(=O)CCCCCCCCCCCCCCCCCCCCCCCCC. The first-order valence-electron chi connectivity index (χ1n) is 21.9. The molecule has 1 N–H and O–H groups in total. The van der Waals surface area contributed by atoms with Gasteiger partial charge in [0, 0.05) is 12.8 Å². The smallest absolute Gasteiger partial charge is 0.306 e. The molecule has 0 aromatic rings. The number of hydrogen-bond donors (Lipinski definition) is 1. The van der Waals surface area contributed by atoms with Gasteiger partial charge in [-0.25, -0.2) is 0 Å². The first-order chi connectivity index (χ1) is 24.6. The summed E-state index contributed by atoms with van der Waals surface area (Å²) in [6.45, 7) is 4.08. The molecule has 5 heteroatoms. The van der Waals surface area contributed by atoms with E-state index in [1.54, 1.807) is 0 Å². The molecule has 0 heterocycles. The summed E-state index contributed by atoms with van der Waals surface area (Å²) >= 11 is 0. The zero-order valence-corrected chi connectivity index (χ0v) is 33.4. The van der Waals surface area contributed by atoms with E-state index in [4.69, 9.17) is 9.47 Å². The lowest BCUT2D eigenvalue weighted by atomic mass is 10.0. The van der Waals surface area contributed by atoms with E-state index in [-0.39, 0.29) is 25.2 Å². The largest absolute Gasteiger partial charge is 0.462 e. The van der Waals surface area contributed by atoms with Crippen LogP contribution in [0.15, 0.2) is 24.3 Å². The molecule has 1 atom stereocenters. The summed E-state index contributed by atoms with van der Waals surface area (Å²) in [6, 6.07) is 0. The molecule has 5 nitrogen and oxygen atoms in total. The van der Waals surface area contributed by atoms with Crippen molar-refractivity contribution in [3.8, 4) is 0 Å². The van der Waals surface area contributed by atoms with Crippen LogP contribution in [0.1, 0.15) is 232 Å². The molecule has 0 aliphatic rings. The lowest BCUT2D eigenvalue weighted by Crippen LogP contribution is -2.28. The molecule has 0 spiro atoms. The van der Waals surface area contributed by atoms with Gasteiger partial charge in [0.25, 0.3) is 0 Å². The van der Waals surface area contributed by atoms with E-state index < -0.39 is 6.10 Å².